The zero-order chi connectivity index (χ0) is 35.5. The predicted octanol–water partition coefficient (Wildman–Crippen LogP) is 13.9. The maximum Gasteiger partial charge on any atom is 0.0547 e. The second-order valence-electron chi connectivity index (χ2n) is 14.5. The van der Waals surface area contributed by atoms with E-state index in [0.717, 1.165) is 22.7 Å². The molecule has 0 amide bonds. The van der Waals surface area contributed by atoms with Crippen molar-refractivity contribution in [3.63, 3.8) is 0 Å². The van der Waals surface area contributed by atoms with Crippen molar-refractivity contribution in [1.82, 2.24) is 4.57 Å². The summed E-state index contributed by atoms with van der Waals surface area (Å²) in [6, 6.07) is 70.9. The van der Waals surface area contributed by atoms with Gasteiger partial charge in [0.2, 0.25) is 0 Å². The van der Waals surface area contributed by atoms with E-state index in [4.69, 9.17) is 0 Å². The molecule has 1 aliphatic carbocycles. The highest BCUT2D eigenvalue weighted by Crippen LogP contribution is 2.53. The van der Waals surface area contributed by atoms with Crippen LogP contribution in [0.15, 0.2) is 194 Å². The van der Waals surface area contributed by atoms with Crippen LogP contribution >= 0.6 is 0 Å². The number of fused-ring (bicyclic) bond motifs is 6. The van der Waals surface area contributed by atoms with Gasteiger partial charge >= 0.3 is 0 Å². The van der Waals surface area contributed by atoms with Gasteiger partial charge in [0.05, 0.1) is 16.7 Å². The van der Waals surface area contributed by atoms with Crippen LogP contribution in [0, 0.1) is 0 Å². The fourth-order valence-electron chi connectivity index (χ4n) is 8.79. The molecule has 1 heterocycles. The molecule has 0 aliphatic heterocycles. The highest BCUT2D eigenvalue weighted by Gasteiger charge is 2.36. The van der Waals surface area contributed by atoms with Crippen LogP contribution in [0.5, 0.6) is 0 Å². The Kier molecular flexibility index (Phi) is 7.19. The first kappa shape index (κ1) is 31.1. The standard InChI is InChI=1S/C51H38N2/c1-51(2)44-28-14-12-24-40(44)41-33-32-38(34-45(41)51)52(36-20-8-4-9-21-36)47-30-16-26-39(35-18-6-3-7-19-35)49(47)43-27-17-31-48-50(43)42-25-13-15-29-46(42)53(48)37-22-10-5-11-23-37/h3-34H,1-2H3. The van der Waals surface area contributed by atoms with Crippen molar-refractivity contribution in [3.05, 3.63) is 205 Å². The normalized spacial score (nSPS) is 12.9. The van der Waals surface area contributed by atoms with Crippen LogP contribution in [0.2, 0.25) is 0 Å². The van der Waals surface area contributed by atoms with Crippen molar-refractivity contribution in [2.45, 2.75) is 19.3 Å². The lowest BCUT2D eigenvalue weighted by Gasteiger charge is -2.31. The largest absolute Gasteiger partial charge is 0.310 e. The van der Waals surface area contributed by atoms with Crippen LogP contribution < -0.4 is 4.90 Å². The molecular formula is C51H38N2. The van der Waals surface area contributed by atoms with E-state index in [1.54, 1.807) is 0 Å². The molecule has 0 saturated carbocycles. The lowest BCUT2D eigenvalue weighted by atomic mass is 9.82. The number of nitrogens with zero attached hydrogens (tertiary/aromatic N) is 2. The molecule has 0 saturated heterocycles. The SMILES string of the molecule is CC1(C)c2ccccc2-c2ccc(N(c3ccccc3)c3cccc(-c4ccccc4)c3-c3cccc4c3c3ccccc3n4-c3ccccc3)cc21. The molecule has 8 aromatic carbocycles. The first-order valence-electron chi connectivity index (χ1n) is 18.5. The first-order valence-corrected chi connectivity index (χ1v) is 18.5. The van der Waals surface area contributed by atoms with E-state index in [1.807, 2.05) is 0 Å². The maximum atomic E-state index is 2.47. The predicted molar refractivity (Wildman–Crippen MR) is 224 cm³/mol. The average molecular weight is 679 g/mol. The number of aromatic nitrogens is 1. The van der Waals surface area contributed by atoms with Gasteiger partial charge in [0, 0.05) is 38.8 Å². The van der Waals surface area contributed by atoms with Crippen LogP contribution in [0.25, 0.3) is 60.9 Å². The highest BCUT2D eigenvalue weighted by molar-refractivity contribution is 6.18. The van der Waals surface area contributed by atoms with Gasteiger partial charge in [-0.3, -0.25) is 0 Å². The molecule has 0 unspecified atom stereocenters. The molecule has 0 atom stereocenters. The Hall–Kier alpha value is -6.64. The fourth-order valence-corrected chi connectivity index (χ4v) is 8.79. The van der Waals surface area contributed by atoms with Crippen molar-refractivity contribution >= 4 is 38.9 Å². The summed E-state index contributed by atoms with van der Waals surface area (Å²) in [7, 11) is 0. The van der Waals surface area contributed by atoms with Crippen molar-refractivity contribution < 1.29 is 0 Å². The summed E-state index contributed by atoms with van der Waals surface area (Å²) in [5.41, 5.74) is 17.0. The Morgan fingerprint density at radius 1 is 0.434 bits per heavy atom. The average Bonchev–Trinajstić information content (AvgIpc) is 3.68. The minimum Gasteiger partial charge on any atom is -0.310 e. The second kappa shape index (κ2) is 12.3. The van der Waals surface area contributed by atoms with E-state index in [1.165, 1.54) is 66.3 Å². The summed E-state index contributed by atoms with van der Waals surface area (Å²) in [5, 5.41) is 2.48. The van der Waals surface area contributed by atoms with Gasteiger partial charge in [-0.05, 0) is 93.5 Å². The smallest absolute Gasteiger partial charge is 0.0547 e. The van der Waals surface area contributed by atoms with Crippen molar-refractivity contribution in [2.75, 3.05) is 4.90 Å². The summed E-state index contributed by atoms with van der Waals surface area (Å²) in [4.78, 5) is 2.47. The Morgan fingerprint density at radius 2 is 1.04 bits per heavy atom. The fraction of sp³-hybridized carbons (Fsp3) is 0.0588. The Morgan fingerprint density at radius 3 is 1.85 bits per heavy atom. The maximum absolute atomic E-state index is 2.47. The number of hydrogen-bond donors (Lipinski definition) is 0. The number of rotatable bonds is 6. The third-order valence-corrected chi connectivity index (χ3v) is 11.2. The lowest BCUT2D eigenvalue weighted by Crippen LogP contribution is -2.17. The molecule has 1 aromatic heterocycles. The minimum atomic E-state index is -0.121. The van der Waals surface area contributed by atoms with Gasteiger partial charge < -0.3 is 9.47 Å². The third-order valence-electron chi connectivity index (χ3n) is 11.2. The van der Waals surface area contributed by atoms with Crippen LogP contribution in [0.4, 0.5) is 17.1 Å². The monoisotopic (exact) mass is 678 g/mol. The Bertz CT molecular complexity index is 2790. The van der Waals surface area contributed by atoms with Gasteiger partial charge in [-0.1, -0.05) is 153 Å². The quantitative estimate of drug-likeness (QED) is 0.170. The highest BCUT2D eigenvalue weighted by atomic mass is 15.1. The molecule has 53 heavy (non-hydrogen) atoms. The van der Waals surface area contributed by atoms with E-state index >= 15 is 0 Å². The number of hydrogen-bond acceptors (Lipinski definition) is 1. The van der Waals surface area contributed by atoms with Crippen molar-refractivity contribution in [1.29, 1.82) is 0 Å². The molecule has 10 rings (SSSR count). The number of para-hydroxylation sites is 3. The molecule has 2 heteroatoms. The van der Waals surface area contributed by atoms with Crippen LogP contribution in [0.1, 0.15) is 25.0 Å². The van der Waals surface area contributed by atoms with Crippen LogP contribution in [-0.4, -0.2) is 4.57 Å². The molecule has 2 nitrogen and oxygen atoms in total. The molecule has 0 radical (unpaired) electrons. The summed E-state index contributed by atoms with van der Waals surface area (Å²) >= 11 is 0. The van der Waals surface area contributed by atoms with Crippen molar-refractivity contribution in [3.8, 4) is 39.1 Å². The Balaban J connectivity index is 1.30. The van der Waals surface area contributed by atoms with Gasteiger partial charge in [0.25, 0.3) is 0 Å². The zero-order valence-corrected chi connectivity index (χ0v) is 29.9. The first-order chi connectivity index (χ1) is 26.1. The summed E-state index contributed by atoms with van der Waals surface area (Å²) in [6.07, 6.45) is 0. The molecule has 0 spiro atoms. The molecule has 252 valence electrons. The minimum absolute atomic E-state index is 0.121. The van der Waals surface area contributed by atoms with Crippen molar-refractivity contribution in [2.24, 2.45) is 0 Å². The van der Waals surface area contributed by atoms with Crippen LogP contribution in [0.3, 0.4) is 0 Å². The van der Waals surface area contributed by atoms with E-state index in [2.05, 4.69) is 217 Å². The summed E-state index contributed by atoms with van der Waals surface area (Å²) in [5.74, 6) is 0. The molecule has 1 aliphatic rings. The molecule has 0 bridgehead atoms. The van der Waals surface area contributed by atoms with Gasteiger partial charge in [0.15, 0.2) is 0 Å². The molecule has 0 N–H and O–H groups in total. The van der Waals surface area contributed by atoms with Gasteiger partial charge in [-0.2, -0.15) is 0 Å². The lowest BCUT2D eigenvalue weighted by molar-refractivity contribution is 0.660. The number of anilines is 3. The van der Waals surface area contributed by atoms with Gasteiger partial charge in [0.1, 0.15) is 0 Å². The number of benzene rings is 8. The van der Waals surface area contributed by atoms with E-state index in [9.17, 15) is 0 Å². The van der Waals surface area contributed by atoms with Gasteiger partial charge in [-0.25, -0.2) is 0 Å². The summed E-state index contributed by atoms with van der Waals surface area (Å²) < 4.78 is 2.41. The van der Waals surface area contributed by atoms with Gasteiger partial charge in [-0.15, -0.1) is 0 Å². The molecular weight excluding hydrogens is 641 g/mol. The molecule has 0 fully saturated rings. The van der Waals surface area contributed by atoms with Crippen LogP contribution in [-0.2, 0) is 5.41 Å². The third kappa shape index (κ3) is 4.87. The second-order valence-corrected chi connectivity index (χ2v) is 14.5. The Labute approximate surface area is 310 Å². The topological polar surface area (TPSA) is 8.17 Å². The van der Waals surface area contributed by atoms with E-state index in [0.29, 0.717) is 0 Å². The zero-order valence-electron chi connectivity index (χ0n) is 29.9. The molecule has 9 aromatic rings. The summed E-state index contributed by atoms with van der Waals surface area (Å²) in [6.45, 7) is 4.72. The van der Waals surface area contributed by atoms with E-state index in [-0.39, 0.29) is 5.41 Å². The van der Waals surface area contributed by atoms with E-state index < -0.39 is 0 Å².